The van der Waals surface area contributed by atoms with E-state index in [0.717, 1.165) is 0 Å². The summed E-state index contributed by atoms with van der Waals surface area (Å²) in [7, 11) is 0. The van der Waals surface area contributed by atoms with E-state index in [1.165, 1.54) is 0 Å². The van der Waals surface area contributed by atoms with Crippen molar-refractivity contribution in [3.63, 3.8) is 0 Å². The molecule has 0 unspecified atom stereocenters. The number of amides is 1. The molecule has 0 saturated carbocycles. The molecule has 0 heterocycles. The average molecular weight is 189 g/mol. The van der Waals surface area contributed by atoms with Crippen LogP contribution in [0, 0.1) is 11.8 Å². The summed E-state index contributed by atoms with van der Waals surface area (Å²) < 4.78 is 0. The summed E-state index contributed by atoms with van der Waals surface area (Å²) in [5.41, 5.74) is 0. The van der Waals surface area contributed by atoms with Crippen molar-refractivity contribution < 1.29 is 19.9 Å². The van der Waals surface area contributed by atoms with Crippen LogP contribution in [0.3, 0.4) is 0 Å². The molecule has 0 aliphatic rings. The first-order valence-corrected chi connectivity index (χ1v) is 4.11. The molecule has 1 atom stereocenters. The van der Waals surface area contributed by atoms with E-state index in [0.29, 0.717) is 11.5 Å². The average Bonchev–Trinajstić information content (AvgIpc) is 2.02. The lowest BCUT2D eigenvalue weighted by atomic mass is 9.97. The van der Waals surface area contributed by atoms with E-state index >= 15 is 0 Å². The van der Waals surface area contributed by atoms with Gasteiger partial charge in [0.05, 0.1) is 12.5 Å². The second kappa shape index (κ2) is 5.53. The Bertz CT molecular complexity index is 181. The molecular weight excluding hydrogens is 174 g/mol. The van der Waals surface area contributed by atoms with Crippen molar-refractivity contribution in [3.05, 3.63) is 0 Å². The third kappa shape index (κ3) is 5.19. The molecule has 1 amide bonds. The van der Waals surface area contributed by atoms with Crippen molar-refractivity contribution in [1.29, 1.82) is 0 Å². The molecule has 0 saturated heterocycles. The second-order valence-electron chi connectivity index (χ2n) is 3.39. The van der Waals surface area contributed by atoms with Gasteiger partial charge in [0.2, 0.25) is 6.41 Å². The van der Waals surface area contributed by atoms with Crippen LogP contribution in [0.4, 0.5) is 0 Å². The molecule has 2 N–H and O–H groups in total. The minimum atomic E-state index is -0.991. The van der Waals surface area contributed by atoms with Crippen LogP contribution < -0.4 is 0 Å². The normalized spacial score (nSPS) is 12.6. The maximum absolute atomic E-state index is 10.6. The summed E-state index contributed by atoms with van der Waals surface area (Å²) >= 11 is 0. The molecule has 5 nitrogen and oxygen atoms in total. The van der Waals surface area contributed by atoms with Gasteiger partial charge in [0.25, 0.3) is 0 Å². The van der Waals surface area contributed by atoms with E-state index in [9.17, 15) is 9.59 Å². The largest absolute Gasteiger partial charge is 0.481 e. The summed E-state index contributed by atoms with van der Waals surface area (Å²) in [5, 5.41) is 17.9. The molecule has 0 fully saturated rings. The smallest absolute Gasteiger partial charge is 0.308 e. The third-order valence-electron chi connectivity index (χ3n) is 1.63. The maximum atomic E-state index is 10.6. The molecule has 0 aromatic rings. The van der Waals surface area contributed by atoms with Crippen molar-refractivity contribution in [2.75, 3.05) is 6.54 Å². The first kappa shape index (κ1) is 11.9. The fraction of sp³-hybridized carbons (Fsp3) is 0.750. The predicted molar refractivity (Wildman–Crippen MR) is 45.1 cm³/mol. The van der Waals surface area contributed by atoms with Gasteiger partial charge in [-0.2, -0.15) is 0 Å². The van der Waals surface area contributed by atoms with E-state index < -0.39 is 11.9 Å². The number of hydrogen-bond donors (Lipinski definition) is 2. The lowest BCUT2D eigenvalue weighted by Crippen LogP contribution is -2.30. The summed E-state index contributed by atoms with van der Waals surface area (Å²) in [6, 6.07) is 0. The number of nitrogens with zero attached hydrogens (tertiary/aromatic N) is 1. The highest BCUT2D eigenvalue weighted by molar-refractivity contribution is 5.70. The van der Waals surface area contributed by atoms with Crippen LogP contribution in [0.2, 0.25) is 0 Å². The molecule has 5 heteroatoms. The van der Waals surface area contributed by atoms with Crippen molar-refractivity contribution in [2.24, 2.45) is 11.8 Å². The Kier molecular flexibility index (Phi) is 5.06. The summed E-state index contributed by atoms with van der Waals surface area (Å²) in [4.78, 5) is 20.7. The molecule has 0 rings (SSSR count). The molecule has 0 aromatic heterocycles. The van der Waals surface area contributed by atoms with Gasteiger partial charge in [0.1, 0.15) is 0 Å². The Morgan fingerprint density at radius 2 is 2.08 bits per heavy atom. The van der Waals surface area contributed by atoms with Gasteiger partial charge < -0.3 is 5.11 Å². The van der Waals surface area contributed by atoms with Crippen molar-refractivity contribution in [2.45, 2.75) is 20.3 Å². The zero-order valence-corrected chi connectivity index (χ0v) is 7.80. The number of hydrogen-bond acceptors (Lipinski definition) is 3. The molecule has 76 valence electrons. The Morgan fingerprint density at radius 1 is 1.54 bits per heavy atom. The van der Waals surface area contributed by atoms with Gasteiger partial charge in [-0.1, -0.05) is 13.8 Å². The third-order valence-corrected chi connectivity index (χ3v) is 1.63. The minimum absolute atomic E-state index is 0.156. The minimum Gasteiger partial charge on any atom is -0.481 e. The van der Waals surface area contributed by atoms with Crippen LogP contribution in [0.25, 0.3) is 0 Å². The lowest BCUT2D eigenvalue weighted by molar-refractivity contribution is -0.159. The fourth-order valence-corrected chi connectivity index (χ4v) is 1.09. The maximum Gasteiger partial charge on any atom is 0.308 e. The summed E-state index contributed by atoms with van der Waals surface area (Å²) in [6.07, 6.45) is 0.649. The molecule has 0 bridgehead atoms. The zero-order chi connectivity index (χ0) is 10.4. The molecule has 0 radical (unpaired) electrons. The van der Waals surface area contributed by atoms with E-state index in [1.807, 2.05) is 13.8 Å². The molecule has 0 aliphatic heterocycles. The number of hydroxylamine groups is 2. The number of carbonyl (C=O) groups is 2. The Labute approximate surface area is 76.9 Å². The highest BCUT2D eigenvalue weighted by Crippen LogP contribution is 2.12. The summed E-state index contributed by atoms with van der Waals surface area (Å²) in [6.45, 7) is 3.62. The summed E-state index contributed by atoms with van der Waals surface area (Å²) in [5.74, 6) is -1.47. The highest BCUT2D eigenvalue weighted by Gasteiger charge is 2.20. The zero-order valence-electron chi connectivity index (χ0n) is 7.80. The van der Waals surface area contributed by atoms with E-state index in [2.05, 4.69) is 0 Å². The molecule has 0 spiro atoms. The first-order valence-electron chi connectivity index (χ1n) is 4.11. The van der Waals surface area contributed by atoms with Crippen molar-refractivity contribution >= 4 is 12.4 Å². The van der Waals surface area contributed by atoms with Gasteiger partial charge in [-0.25, -0.2) is 5.06 Å². The highest BCUT2D eigenvalue weighted by atomic mass is 16.5. The second-order valence-corrected chi connectivity index (χ2v) is 3.39. The standard InChI is InChI=1S/C8H15NO4/c1-6(2)3-7(8(11)12)4-9(13)5-10/h5-7,13H,3-4H2,1-2H3,(H,11,12)/t7-/m0/s1. The molecular formula is C8H15NO4. The van der Waals surface area contributed by atoms with Gasteiger partial charge in [-0.15, -0.1) is 0 Å². The SMILES string of the molecule is CC(C)C[C@@H](CN(O)C=O)C(=O)O. The number of carboxylic acids is 1. The topological polar surface area (TPSA) is 77.8 Å². The Balaban J connectivity index is 4.09. The number of carboxylic acid groups (broad SMARTS) is 1. The number of carbonyl (C=O) groups excluding carboxylic acids is 1. The number of aliphatic carboxylic acids is 1. The van der Waals surface area contributed by atoms with E-state index in [1.54, 1.807) is 0 Å². The van der Waals surface area contributed by atoms with E-state index in [4.69, 9.17) is 10.3 Å². The monoisotopic (exact) mass is 189 g/mol. The fourth-order valence-electron chi connectivity index (χ4n) is 1.09. The Morgan fingerprint density at radius 3 is 2.38 bits per heavy atom. The molecule has 0 aliphatic carbocycles. The van der Waals surface area contributed by atoms with Gasteiger partial charge in [0, 0.05) is 0 Å². The van der Waals surface area contributed by atoms with Crippen LogP contribution in [-0.4, -0.2) is 34.3 Å². The van der Waals surface area contributed by atoms with Crippen LogP contribution in [0.1, 0.15) is 20.3 Å². The van der Waals surface area contributed by atoms with Crippen LogP contribution >= 0.6 is 0 Å². The van der Waals surface area contributed by atoms with Crippen molar-refractivity contribution in [1.82, 2.24) is 5.06 Å². The first-order chi connectivity index (χ1) is 5.97. The molecule has 0 aromatic carbocycles. The van der Waals surface area contributed by atoms with Gasteiger partial charge in [-0.3, -0.25) is 14.8 Å². The van der Waals surface area contributed by atoms with Gasteiger partial charge in [0.15, 0.2) is 0 Å². The number of rotatable bonds is 6. The van der Waals surface area contributed by atoms with Crippen LogP contribution in [-0.2, 0) is 9.59 Å². The lowest BCUT2D eigenvalue weighted by Gasteiger charge is -2.17. The van der Waals surface area contributed by atoms with Crippen molar-refractivity contribution in [3.8, 4) is 0 Å². The van der Waals surface area contributed by atoms with Crippen LogP contribution in [0.5, 0.6) is 0 Å². The van der Waals surface area contributed by atoms with Gasteiger partial charge in [-0.05, 0) is 12.3 Å². The van der Waals surface area contributed by atoms with E-state index in [-0.39, 0.29) is 18.9 Å². The van der Waals surface area contributed by atoms with Gasteiger partial charge >= 0.3 is 5.97 Å². The Hall–Kier alpha value is -1.10. The van der Waals surface area contributed by atoms with Crippen LogP contribution in [0.15, 0.2) is 0 Å². The predicted octanol–water partition coefficient (Wildman–Crippen LogP) is 0.581. The molecule has 13 heavy (non-hydrogen) atoms. The quantitative estimate of drug-likeness (QED) is 0.364.